The maximum atomic E-state index is 11.4. The van der Waals surface area contributed by atoms with Gasteiger partial charge < -0.3 is 14.7 Å². The third-order valence-electron chi connectivity index (χ3n) is 6.17. The van der Waals surface area contributed by atoms with Crippen molar-refractivity contribution in [3.05, 3.63) is 124 Å². The van der Waals surface area contributed by atoms with Gasteiger partial charge in [0.15, 0.2) is 0 Å². The first-order valence-electron chi connectivity index (χ1n) is 12.1. The van der Waals surface area contributed by atoms with Crippen LogP contribution in [0.3, 0.4) is 0 Å². The fourth-order valence-corrected chi connectivity index (χ4v) is 4.89. The van der Waals surface area contributed by atoms with Gasteiger partial charge in [-0.15, -0.1) is 0 Å². The smallest absolute Gasteiger partial charge is 0.324 e. The first kappa shape index (κ1) is 25.7. The first-order valence-corrected chi connectivity index (χ1v) is 13.9. The molecule has 0 spiro atoms. The van der Waals surface area contributed by atoms with Crippen LogP contribution >= 0.6 is 7.60 Å². The molecule has 4 aromatic carbocycles. The van der Waals surface area contributed by atoms with Crippen molar-refractivity contribution in [2.45, 2.75) is 33.4 Å². The molecule has 0 aliphatic rings. The van der Waals surface area contributed by atoms with Gasteiger partial charge in [-0.25, -0.2) is 0 Å². The van der Waals surface area contributed by atoms with Gasteiger partial charge in [0, 0.05) is 17.1 Å². The van der Waals surface area contributed by atoms with E-state index in [0.29, 0.717) is 5.56 Å². The van der Waals surface area contributed by atoms with E-state index >= 15 is 0 Å². The lowest BCUT2D eigenvalue weighted by Gasteiger charge is -2.25. The van der Waals surface area contributed by atoms with Crippen molar-refractivity contribution in [1.82, 2.24) is 0 Å². The summed E-state index contributed by atoms with van der Waals surface area (Å²) in [7, 11) is -4.08. The van der Waals surface area contributed by atoms with Gasteiger partial charge in [-0.1, -0.05) is 84.8 Å². The average molecular weight is 498 g/mol. The van der Waals surface area contributed by atoms with E-state index in [1.165, 1.54) is 11.1 Å². The third kappa shape index (κ3) is 6.61. The summed E-state index contributed by atoms with van der Waals surface area (Å²) in [6.45, 7) is 6.24. The lowest BCUT2D eigenvalue weighted by Crippen LogP contribution is -2.09. The largest absolute Gasteiger partial charge is 0.329 e. The highest BCUT2D eigenvalue weighted by molar-refractivity contribution is 7.50. The van der Waals surface area contributed by atoms with Gasteiger partial charge in [0.25, 0.3) is 0 Å². The topological polar surface area (TPSA) is 60.8 Å². The number of aryl methyl sites for hydroxylation is 3. The van der Waals surface area contributed by atoms with Crippen LogP contribution in [0.4, 0.5) is 17.1 Å². The molecule has 184 valence electrons. The summed E-state index contributed by atoms with van der Waals surface area (Å²) in [5.74, 6) is 0. The number of nitrogens with zero attached hydrogens (tertiary/aromatic N) is 1. The highest BCUT2D eigenvalue weighted by atomic mass is 31.2. The summed E-state index contributed by atoms with van der Waals surface area (Å²) in [5, 5.41) is 0. The predicted octanol–water partition coefficient (Wildman–Crippen LogP) is 8.18. The quantitative estimate of drug-likeness (QED) is 0.190. The van der Waals surface area contributed by atoms with E-state index in [9.17, 15) is 14.4 Å². The van der Waals surface area contributed by atoms with E-state index in [2.05, 4.69) is 104 Å². The fraction of sp³-hybridized carbons (Fsp3) is 0.161. The van der Waals surface area contributed by atoms with Crippen molar-refractivity contribution >= 4 is 36.8 Å². The number of hydrogen-bond donors (Lipinski definition) is 2. The molecule has 0 heterocycles. The summed E-state index contributed by atoms with van der Waals surface area (Å²) in [6, 6.07) is 31.2. The van der Waals surface area contributed by atoms with E-state index in [0.717, 1.165) is 40.2 Å². The van der Waals surface area contributed by atoms with Crippen LogP contribution in [-0.4, -0.2) is 9.79 Å². The van der Waals surface area contributed by atoms with Crippen LogP contribution in [0.5, 0.6) is 0 Å². The maximum Gasteiger partial charge on any atom is 0.329 e. The van der Waals surface area contributed by atoms with E-state index < -0.39 is 7.60 Å². The normalized spacial score (nSPS) is 11.7. The molecule has 0 unspecified atom stereocenters. The Hall–Kier alpha value is -3.43. The minimum atomic E-state index is -4.08. The van der Waals surface area contributed by atoms with Crippen molar-refractivity contribution in [1.29, 1.82) is 0 Å². The molecule has 0 saturated carbocycles. The Morgan fingerprint density at radius 3 is 1.69 bits per heavy atom. The molecular weight excluding hydrogens is 465 g/mol. The molecule has 0 saturated heterocycles. The molecule has 36 heavy (non-hydrogen) atoms. The third-order valence-corrected chi connectivity index (χ3v) is 6.94. The highest BCUT2D eigenvalue weighted by Crippen LogP contribution is 2.39. The van der Waals surface area contributed by atoms with Gasteiger partial charge in [-0.2, -0.15) is 0 Å². The molecule has 0 atom stereocenters. The van der Waals surface area contributed by atoms with Crippen LogP contribution in [0.2, 0.25) is 0 Å². The summed E-state index contributed by atoms with van der Waals surface area (Å²) >= 11 is 0. The zero-order valence-electron chi connectivity index (χ0n) is 20.9. The molecule has 0 bridgehead atoms. The maximum absolute atomic E-state index is 11.4. The molecular formula is C31H32NO3P. The van der Waals surface area contributed by atoms with E-state index in [1.807, 2.05) is 19.1 Å². The summed E-state index contributed by atoms with van der Waals surface area (Å²) < 4.78 is 11.4. The van der Waals surface area contributed by atoms with Crippen LogP contribution < -0.4 is 4.90 Å². The van der Waals surface area contributed by atoms with E-state index in [-0.39, 0.29) is 6.16 Å². The zero-order chi connectivity index (χ0) is 25.7. The average Bonchev–Trinajstić information content (AvgIpc) is 2.85. The second-order valence-corrected chi connectivity index (χ2v) is 10.8. The molecule has 4 nitrogen and oxygen atoms in total. The van der Waals surface area contributed by atoms with Crippen molar-refractivity contribution in [3.8, 4) is 0 Å². The summed E-state index contributed by atoms with van der Waals surface area (Å²) in [4.78, 5) is 20.8. The van der Waals surface area contributed by atoms with E-state index in [1.54, 1.807) is 6.07 Å². The Kier molecular flexibility index (Phi) is 7.91. The Bertz CT molecular complexity index is 1340. The molecule has 0 aromatic heterocycles. The predicted molar refractivity (Wildman–Crippen MR) is 151 cm³/mol. The van der Waals surface area contributed by atoms with Gasteiger partial charge in [0.2, 0.25) is 0 Å². The Labute approximate surface area is 213 Å². The van der Waals surface area contributed by atoms with Crippen molar-refractivity contribution in [3.63, 3.8) is 0 Å². The lowest BCUT2D eigenvalue weighted by molar-refractivity contribution is 0.371. The van der Waals surface area contributed by atoms with Crippen LogP contribution in [0, 0.1) is 13.8 Å². The van der Waals surface area contributed by atoms with Crippen LogP contribution in [0.25, 0.3) is 12.2 Å². The first-order chi connectivity index (χ1) is 17.2. The zero-order valence-corrected chi connectivity index (χ0v) is 21.8. The van der Waals surface area contributed by atoms with Crippen molar-refractivity contribution < 1.29 is 14.4 Å². The minimum Gasteiger partial charge on any atom is -0.324 e. The lowest BCUT2D eigenvalue weighted by atomic mass is 10.0. The molecule has 0 amide bonds. The molecule has 4 aromatic rings. The number of hydrogen-bond acceptors (Lipinski definition) is 2. The number of rotatable bonds is 8. The van der Waals surface area contributed by atoms with Crippen LogP contribution in [-0.2, 0) is 17.1 Å². The molecule has 5 heteroatoms. The van der Waals surface area contributed by atoms with Gasteiger partial charge in [0.1, 0.15) is 0 Å². The number of benzene rings is 4. The van der Waals surface area contributed by atoms with Gasteiger partial charge in [-0.05, 0) is 78.9 Å². The Morgan fingerprint density at radius 2 is 1.22 bits per heavy atom. The number of anilines is 3. The van der Waals surface area contributed by atoms with Gasteiger partial charge >= 0.3 is 7.60 Å². The molecule has 0 radical (unpaired) electrons. The second-order valence-electron chi connectivity index (χ2n) is 9.14. The molecule has 4 rings (SSSR count). The minimum absolute atomic E-state index is 0.232. The highest BCUT2D eigenvalue weighted by Gasteiger charge is 2.15. The molecule has 2 N–H and O–H groups in total. The molecule has 0 fully saturated rings. The van der Waals surface area contributed by atoms with Crippen LogP contribution in [0.15, 0.2) is 91.0 Å². The van der Waals surface area contributed by atoms with Crippen LogP contribution in [0.1, 0.15) is 40.3 Å². The summed E-state index contributed by atoms with van der Waals surface area (Å²) in [5.41, 5.74) is 9.61. The monoisotopic (exact) mass is 497 g/mol. The Balaban J connectivity index is 1.60. The fourth-order valence-electron chi connectivity index (χ4n) is 4.22. The van der Waals surface area contributed by atoms with E-state index in [4.69, 9.17) is 0 Å². The van der Waals surface area contributed by atoms with Gasteiger partial charge in [-0.3, -0.25) is 4.57 Å². The van der Waals surface area contributed by atoms with Crippen molar-refractivity contribution in [2.24, 2.45) is 0 Å². The molecule has 0 aliphatic heterocycles. The SMILES string of the molecule is CCc1cc(CP(=O)(O)O)ccc1C=Cc1ccc(N(c2ccc(C)cc2)c2ccc(C)cc2)cc1. The molecule has 0 aliphatic carbocycles. The summed E-state index contributed by atoms with van der Waals surface area (Å²) in [6.07, 6.45) is 4.69. The van der Waals surface area contributed by atoms with Gasteiger partial charge in [0.05, 0.1) is 6.16 Å². The van der Waals surface area contributed by atoms with Crippen molar-refractivity contribution in [2.75, 3.05) is 4.90 Å². The Morgan fingerprint density at radius 1 is 0.722 bits per heavy atom. The standard InChI is InChI=1S/C31H32NO3P/c1-4-27-21-26(22-36(33,34)35)10-14-28(27)13-9-25-11-19-31(20-12-25)32(29-15-5-23(2)6-16-29)30-17-7-24(3)8-18-30/h5-21H,4,22H2,1-3H3,(H2,33,34,35). The second kappa shape index (κ2) is 11.1.